The van der Waals surface area contributed by atoms with Gasteiger partial charge in [-0.3, -0.25) is 0 Å². The number of urea groups is 1. The van der Waals surface area contributed by atoms with Gasteiger partial charge in [-0.1, -0.05) is 30.3 Å². The van der Waals surface area contributed by atoms with Crippen LogP contribution in [0, 0.1) is 0 Å². The molecule has 2 aromatic rings. The van der Waals surface area contributed by atoms with E-state index in [0.29, 0.717) is 6.54 Å². The van der Waals surface area contributed by atoms with E-state index >= 15 is 0 Å². The Bertz CT molecular complexity index is 695. The Hall–Kier alpha value is -2.69. The lowest BCUT2D eigenvalue weighted by molar-refractivity contribution is 0.200. The number of ether oxygens (including phenoxy) is 1. The van der Waals surface area contributed by atoms with Gasteiger partial charge >= 0.3 is 6.03 Å². The minimum atomic E-state index is -0.00301. The number of rotatable bonds is 5. The van der Waals surface area contributed by atoms with E-state index in [-0.39, 0.29) is 12.1 Å². The summed E-state index contributed by atoms with van der Waals surface area (Å²) in [6.07, 6.45) is 1.91. The van der Waals surface area contributed by atoms with Crippen LogP contribution in [0.2, 0.25) is 0 Å². The van der Waals surface area contributed by atoms with E-state index < -0.39 is 0 Å². The van der Waals surface area contributed by atoms with Crippen LogP contribution in [0.5, 0.6) is 5.75 Å². The van der Waals surface area contributed by atoms with E-state index in [9.17, 15) is 4.79 Å². The maximum absolute atomic E-state index is 12.4. The van der Waals surface area contributed by atoms with Gasteiger partial charge < -0.3 is 19.9 Å². The van der Waals surface area contributed by atoms with Crippen LogP contribution in [0.3, 0.4) is 0 Å². The lowest BCUT2D eigenvalue weighted by Gasteiger charge is -2.34. The Morgan fingerprint density at radius 1 is 1.12 bits per heavy atom. The third kappa shape index (κ3) is 4.69. The number of nitrogens with zero attached hydrogens (tertiary/aromatic N) is 2. The molecule has 1 fully saturated rings. The highest BCUT2D eigenvalue weighted by atomic mass is 16.5. The van der Waals surface area contributed by atoms with Crippen molar-refractivity contribution in [3.8, 4) is 5.75 Å². The lowest BCUT2D eigenvalue weighted by Crippen LogP contribution is -2.48. The van der Waals surface area contributed by atoms with Crippen LogP contribution in [0.15, 0.2) is 54.6 Å². The molecule has 1 aliphatic heterocycles. The Kier molecular flexibility index (Phi) is 6.00. The number of nitrogens with one attached hydrogen (secondary N) is 1. The molecule has 138 valence electrons. The summed E-state index contributed by atoms with van der Waals surface area (Å²) in [6.45, 7) is 2.51. The number of hydrogen-bond acceptors (Lipinski definition) is 3. The van der Waals surface area contributed by atoms with E-state index in [1.165, 1.54) is 5.69 Å². The molecule has 1 N–H and O–H groups in total. The number of anilines is 1. The number of methoxy groups -OCH3 is 1. The van der Waals surface area contributed by atoms with Crippen LogP contribution < -0.4 is 15.0 Å². The van der Waals surface area contributed by atoms with Crippen molar-refractivity contribution in [2.75, 3.05) is 32.1 Å². The van der Waals surface area contributed by atoms with Gasteiger partial charge in [-0.15, -0.1) is 0 Å². The first kappa shape index (κ1) is 18.1. The van der Waals surface area contributed by atoms with Crippen LogP contribution in [-0.2, 0) is 6.54 Å². The molecule has 0 saturated carbocycles. The van der Waals surface area contributed by atoms with Crippen molar-refractivity contribution in [1.29, 1.82) is 0 Å². The second kappa shape index (κ2) is 8.61. The molecule has 0 unspecified atom stereocenters. The number of benzene rings is 2. The summed E-state index contributed by atoms with van der Waals surface area (Å²) in [7, 11) is 3.52. The molecule has 0 radical (unpaired) electrons. The first-order chi connectivity index (χ1) is 12.7. The Morgan fingerprint density at radius 2 is 1.77 bits per heavy atom. The third-order valence-corrected chi connectivity index (χ3v) is 4.87. The van der Waals surface area contributed by atoms with Gasteiger partial charge in [0.1, 0.15) is 5.75 Å². The first-order valence-electron chi connectivity index (χ1n) is 9.10. The molecule has 26 heavy (non-hydrogen) atoms. The zero-order valence-corrected chi connectivity index (χ0v) is 15.5. The molecule has 3 rings (SSSR count). The average molecular weight is 353 g/mol. The normalized spacial score (nSPS) is 14.8. The van der Waals surface area contributed by atoms with Gasteiger partial charge in [0, 0.05) is 38.4 Å². The molecule has 1 heterocycles. The number of amides is 2. The fraction of sp³-hybridized carbons (Fsp3) is 0.381. The smallest absolute Gasteiger partial charge is 0.317 e. The molecule has 5 heteroatoms. The van der Waals surface area contributed by atoms with E-state index in [4.69, 9.17) is 4.74 Å². The average Bonchev–Trinajstić information content (AvgIpc) is 2.69. The van der Waals surface area contributed by atoms with Crippen molar-refractivity contribution in [2.24, 2.45) is 0 Å². The summed E-state index contributed by atoms with van der Waals surface area (Å²) in [6, 6.07) is 18.4. The van der Waals surface area contributed by atoms with Gasteiger partial charge in [0.2, 0.25) is 0 Å². The summed E-state index contributed by atoms with van der Waals surface area (Å²) in [4.78, 5) is 16.5. The molecule has 2 amide bonds. The Balaban J connectivity index is 1.46. The Morgan fingerprint density at radius 3 is 2.38 bits per heavy atom. The minimum absolute atomic E-state index is 0.00301. The molecule has 1 saturated heterocycles. The zero-order valence-electron chi connectivity index (χ0n) is 15.5. The highest BCUT2D eigenvalue weighted by Crippen LogP contribution is 2.23. The van der Waals surface area contributed by atoms with Crippen LogP contribution in [-0.4, -0.2) is 44.2 Å². The van der Waals surface area contributed by atoms with Crippen molar-refractivity contribution < 1.29 is 9.53 Å². The van der Waals surface area contributed by atoms with Crippen LogP contribution in [0.25, 0.3) is 0 Å². The molecule has 0 bridgehead atoms. The highest BCUT2D eigenvalue weighted by Gasteiger charge is 2.22. The predicted molar refractivity (Wildman–Crippen MR) is 105 cm³/mol. The summed E-state index contributed by atoms with van der Waals surface area (Å²) in [5.41, 5.74) is 2.34. The standard InChI is InChI=1S/C21H27N3O2/c1-23(16-17-6-4-3-5-7-17)21(25)22-18-12-14-24(15-13-18)19-8-10-20(26-2)11-9-19/h3-11,18H,12-16H2,1-2H3,(H,22,25). The zero-order chi connectivity index (χ0) is 18.4. The summed E-state index contributed by atoms with van der Waals surface area (Å²) in [5.74, 6) is 0.873. The van der Waals surface area contributed by atoms with E-state index in [0.717, 1.165) is 37.2 Å². The maximum Gasteiger partial charge on any atom is 0.317 e. The highest BCUT2D eigenvalue weighted by molar-refractivity contribution is 5.74. The molecule has 0 atom stereocenters. The minimum Gasteiger partial charge on any atom is -0.497 e. The van der Waals surface area contributed by atoms with Gasteiger partial charge in [-0.25, -0.2) is 4.79 Å². The monoisotopic (exact) mass is 353 g/mol. The van der Waals surface area contributed by atoms with E-state index in [2.05, 4.69) is 22.3 Å². The SMILES string of the molecule is COc1ccc(N2CCC(NC(=O)N(C)Cc3ccccc3)CC2)cc1. The summed E-state index contributed by atoms with van der Waals surface area (Å²) in [5, 5.41) is 3.17. The molecular weight excluding hydrogens is 326 g/mol. The van der Waals surface area contributed by atoms with Crippen molar-refractivity contribution in [2.45, 2.75) is 25.4 Å². The fourth-order valence-electron chi connectivity index (χ4n) is 3.29. The molecule has 0 aliphatic carbocycles. The van der Waals surface area contributed by atoms with E-state index in [1.54, 1.807) is 12.0 Å². The number of carbonyl (C=O) groups excluding carboxylic acids is 1. The number of carbonyl (C=O) groups is 1. The van der Waals surface area contributed by atoms with Crippen LogP contribution in [0.4, 0.5) is 10.5 Å². The summed E-state index contributed by atoms with van der Waals surface area (Å²) >= 11 is 0. The van der Waals surface area contributed by atoms with Crippen molar-refractivity contribution in [3.05, 3.63) is 60.2 Å². The Labute approximate surface area is 155 Å². The van der Waals surface area contributed by atoms with Crippen LogP contribution in [0.1, 0.15) is 18.4 Å². The van der Waals surface area contributed by atoms with Crippen molar-refractivity contribution in [3.63, 3.8) is 0 Å². The topological polar surface area (TPSA) is 44.8 Å². The van der Waals surface area contributed by atoms with Gasteiger partial charge in [-0.05, 0) is 42.7 Å². The maximum atomic E-state index is 12.4. The van der Waals surface area contributed by atoms with Gasteiger partial charge in [0.25, 0.3) is 0 Å². The molecule has 0 spiro atoms. The molecule has 2 aromatic carbocycles. The predicted octanol–water partition coefficient (Wildman–Crippen LogP) is 3.51. The molecular formula is C21H27N3O2. The lowest BCUT2D eigenvalue weighted by atomic mass is 10.0. The quantitative estimate of drug-likeness (QED) is 0.895. The second-order valence-corrected chi connectivity index (χ2v) is 6.75. The number of piperidine rings is 1. The second-order valence-electron chi connectivity index (χ2n) is 6.75. The number of hydrogen-bond donors (Lipinski definition) is 1. The molecule has 5 nitrogen and oxygen atoms in total. The van der Waals surface area contributed by atoms with Gasteiger partial charge in [0.15, 0.2) is 0 Å². The van der Waals surface area contributed by atoms with Gasteiger partial charge in [-0.2, -0.15) is 0 Å². The van der Waals surface area contributed by atoms with Crippen molar-refractivity contribution in [1.82, 2.24) is 10.2 Å². The van der Waals surface area contributed by atoms with Crippen LogP contribution >= 0.6 is 0 Å². The van der Waals surface area contributed by atoms with E-state index in [1.807, 2.05) is 49.5 Å². The fourth-order valence-corrected chi connectivity index (χ4v) is 3.29. The van der Waals surface area contributed by atoms with Gasteiger partial charge in [0.05, 0.1) is 7.11 Å². The third-order valence-electron chi connectivity index (χ3n) is 4.87. The molecule has 0 aromatic heterocycles. The largest absolute Gasteiger partial charge is 0.497 e. The van der Waals surface area contributed by atoms with Crippen molar-refractivity contribution >= 4 is 11.7 Å². The molecule has 1 aliphatic rings. The summed E-state index contributed by atoms with van der Waals surface area (Å²) < 4.78 is 5.21. The first-order valence-corrected chi connectivity index (χ1v) is 9.10.